The molecule has 3 aromatic rings. The van der Waals surface area contributed by atoms with E-state index in [1.54, 1.807) is 30.3 Å². The molecule has 0 atom stereocenters. The lowest BCUT2D eigenvalue weighted by Crippen LogP contribution is -2.16. The first-order chi connectivity index (χ1) is 14.5. The molecule has 0 fully saturated rings. The van der Waals surface area contributed by atoms with Gasteiger partial charge in [0.05, 0.1) is 16.8 Å². The Bertz CT molecular complexity index is 1160. The summed E-state index contributed by atoms with van der Waals surface area (Å²) >= 11 is 6.14. The topological polar surface area (TPSA) is 61.2 Å². The Morgan fingerprint density at radius 1 is 1.13 bits per heavy atom. The Morgan fingerprint density at radius 2 is 1.77 bits per heavy atom. The van der Waals surface area contributed by atoms with Crippen molar-refractivity contribution >= 4 is 23.2 Å². The highest BCUT2D eigenvalue weighted by atomic mass is 35.5. The Hall–Kier alpha value is -3.13. The van der Waals surface area contributed by atoms with E-state index in [-0.39, 0.29) is 45.5 Å². The Kier molecular flexibility index (Phi) is 6.22. The first-order valence-corrected chi connectivity index (χ1v) is 9.54. The monoisotopic (exact) mass is 450 g/mol. The molecule has 0 spiro atoms. The van der Waals surface area contributed by atoms with E-state index in [4.69, 9.17) is 16.3 Å². The molecule has 9 heteroatoms. The number of hydrogen-bond acceptors (Lipinski definition) is 4. The highest BCUT2D eigenvalue weighted by Crippen LogP contribution is 2.39. The molecule has 0 unspecified atom stereocenters. The van der Waals surface area contributed by atoms with Crippen molar-refractivity contribution in [3.05, 3.63) is 81.0 Å². The quantitative estimate of drug-likeness (QED) is 0.484. The van der Waals surface area contributed by atoms with Crippen LogP contribution < -0.4 is 4.74 Å². The SMILES string of the molecule is Cc1cc(C(=O)c2cnn(C)c2OCC(=O)c2ccccc2)c(Cl)c(C)c1C(F)(F)F. The van der Waals surface area contributed by atoms with Gasteiger partial charge in [-0.1, -0.05) is 41.9 Å². The van der Waals surface area contributed by atoms with Crippen LogP contribution in [0.3, 0.4) is 0 Å². The molecule has 0 radical (unpaired) electrons. The first-order valence-electron chi connectivity index (χ1n) is 9.17. The molecule has 1 heterocycles. The van der Waals surface area contributed by atoms with E-state index in [0.717, 1.165) is 6.07 Å². The summed E-state index contributed by atoms with van der Waals surface area (Å²) in [5.74, 6) is -0.944. The summed E-state index contributed by atoms with van der Waals surface area (Å²) in [6, 6.07) is 9.57. The smallest absolute Gasteiger partial charge is 0.416 e. The van der Waals surface area contributed by atoms with Gasteiger partial charge in [0.15, 0.2) is 12.4 Å². The van der Waals surface area contributed by atoms with Gasteiger partial charge in [-0.05, 0) is 31.0 Å². The molecule has 3 rings (SSSR count). The van der Waals surface area contributed by atoms with Gasteiger partial charge < -0.3 is 4.74 Å². The number of aryl methyl sites for hydroxylation is 2. The maximum absolute atomic E-state index is 13.3. The van der Waals surface area contributed by atoms with Crippen LogP contribution >= 0.6 is 11.6 Å². The Morgan fingerprint density at radius 3 is 2.39 bits per heavy atom. The third kappa shape index (κ3) is 4.49. The minimum atomic E-state index is -4.60. The lowest BCUT2D eigenvalue weighted by atomic mass is 9.95. The molecule has 0 aliphatic rings. The number of nitrogens with zero attached hydrogens (tertiary/aromatic N) is 2. The molecule has 0 amide bonds. The summed E-state index contributed by atoms with van der Waals surface area (Å²) in [4.78, 5) is 25.4. The highest BCUT2D eigenvalue weighted by Gasteiger charge is 2.36. The molecule has 5 nitrogen and oxygen atoms in total. The van der Waals surface area contributed by atoms with Crippen LogP contribution in [0.5, 0.6) is 5.88 Å². The summed E-state index contributed by atoms with van der Waals surface area (Å²) in [6.07, 6.45) is -3.37. The van der Waals surface area contributed by atoms with Gasteiger partial charge in [0.2, 0.25) is 11.7 Å². The summed E-state index contributed by atoms with van der Waals surface area (Å²) in [7, 11) is 1.52. The third-order valence-electron chi connectivity index (χ3n) is 4.79. The van der Waals surface area contributed by atoms with Gasteiger partial charge in [-0.15, -0.1) is 0 Å². The molecule has 0 saturated carbocycles. The maximum atomic E-state index is 13.3. The lowest BCUT2D eigenvalue weighted by molar-refractivity contribution is -0.138. The summed E-state index contributed by atoms with van der Waals surface area (Å²) in [5.41, 5.74) is -0.896. The van der Waals surface area contributed by atoms with E-state index in [2.05, 4.69) is 5.10 Å². The zero-order valence-electron chi connectivity index (χ0n) is 16.9. The number of ether oxygens (including phenoxy) is 1. The fourth-order valence-electron chi connectivity index (χ4n) is 3.30. The van der Waals surface area contributed by atoms with Crippen molar-refractivity contribution in [1.82, 2.24) is 9.78 Å². The van der Waals surface area contributed by atoms with Crippen LogP contribution in [0.15, 0.2) is 42.6 Å². The normalized spacial score (nSPS) is 11.5. The average Bonchev–Trinajstić information content (AvgIpc) is 3.08. The first kappa shape index (κ1) is 22.6. The van der Waals surface area contributed by atoms with Gasteiger partial charge in [0.1, 0.15) is 5.56 Å². The summed E-state index contributed by atoms with van der Waals surface area (Å²) in [5, 5.41) is 3.69. The number of ketones is 2. The van der Waals surface area contributed by atoms with Crippen LogP contribution in [0.2, 0.25) is 5.02 Å². The molecule has 0 saturated heterocycles. The van der Waals surface area contributed by atoms with E-state index >= 15 is 0 Å². The van der Waals surface area contributed by atoms with Crippen molar-refractivity contribution in [2.24, 2.45) is 7.05 Å². The molecular weight excluding hydrogens is 433 g/mol. The van der Waals surface area contributed by atoms with E-state index in [9.17, 15) is 22.8 Å². The van der Waals surface area contributed by atoms with Crippen molar-refractivity contribution in [3.8, 4) is 5.88 Å². The Labute approximate surface area is 181 Å². The van der Waals surface area contributed by atoms with Crippen LogP contribution in [0, 0.1) is 13.8 Å². The van der Waals surface area contributed by atoms with Gasteiger partial charge in [0, 0.05) is 18.2 Å². The molecule has 1 aromatic heterocycles. The number of alkyl halides is 3. The molecule has 0 aliphatic carbocycles. The minimum absolute atomic E-state index is 0.0104. The zero-order valence-corrected chi connectivity index (χ0v) is 17.6. The number of carbonyl (C=O) groups is 2. The molecular formula is C22H18ClF3N2O3. The second kappa shape index (κ2) is 8.55. The van der Waals surface area contributed by atoms with Gasteiger partial charge in [-0.3, -0.25) is 9.59 Å². The van der Waals surface area contributed by atoms with Crippen molar-refractivity contribution in [3.63, 3.8) is 0 Å². The summed E-state index contributed by atoms with van der Waals surface area (Å²) in [6.45, 7) is 2.14. The number of rotatable bonds is 6. The van der Waals surface area contributed by atoms with Gasteiger partial charge >= 0.3 is 6.18 Å². The third-order valence-corrected chi connectivity index (χ3v) is 5.28. The number of halogens is 4. The molecule has 0 N–H and O–H groups in total. The maximum Gasteiger partial charge on any atom is 0.416 e. The largest absolute Gasteiger partial charge is 0.469 e. The molecule has 2 aromatic carbocycles. The lowest BCUT2D eigenvalue weighted by Gasteiger charge is -2.17. The number of Topliss-reactive ketones (excluding diaryl/α,β-unsaturated/α-hetero) is 1. The Balaban J connectivity index is 1.93. The van der Waals surface area contributed by atoms with E-state index in [0.29, 0.717) is 5.56 Å². The molecule has 0 bridgehead atoms. The number of benzene rings is 2. The van der Waals surface area contributed by atoms with Crippen molar-refractivity contribution in [2.75, 3.05) is 6.61 Å². The number of carbonyl (C=O) groups excluding carboxylic acids is 2. The van der Waals surface area contributed by atoms with Crippen LogP contribution in [0.4, 0.5) is 13.2 Å². The molecule has 162 valence electrons. The fourth-order valence-corrected chi connectivity index (χ4v) is 3.54. The van der Waals surface area contributed by atoms with Gasteiger partial charge in [-0.2, -0.15) is 18.3 Å². The molecule has 31 heavy (non-hydrogen) atoms. The van der Waals surface area contributed by atoms with Crippen molar-refractivity contribution in [1.29, 1.82) is 0 Å². The second-order valence-electron chi connectivity index (χ2n) is 6.95. The molecule has 0 aliphatic heterocycles. The van der Waals surface area contributed by atoms with Crippen molar-refractivity contribution < 1.29 is 27.5 Å². The fraction of sp³-hybridized carbons (Fsp3) is 0.227. The zero-order chi connectivity index (χ0) is 22.9. The standard InChI is InChI=1S/C22H18ClF3N2O3/c1-12-9-15(19(23)13(2)18(12)22(24,25)26)20(30)16-10-27-28(3)21(16)31-11-17(29)14-7-5-4-6-8-14/h4-10H,11H2,1-3H3. The van der Waals surface area contributed by atoms with Crippen LogP contribution in [-0.2, 0) is 13.2 Å². The van der Waals surface area contributed by atoms with Crippen LogP contribution in [-0.4, -0.2) is 28.0 Å². The van der Waals surface area contributed by atoms with Crippen LogP contribution in [0.1, 0.15) is 43.0 Å². The van der Waals surface area contributed by atoms with Crippen molar-refractivity contribution in [2.45, 2.75) is 20.0 Å². The number of hydrogen-bond donors (Lipinski definition) is 0. The minimum Gasteiger partial charge on any atom is -0.469 e. The predicted molar refractivity (Wildman–Crippen MR) is 109 cm³/mol. The van der Waals surface area contributed by atoms with E-state index in [1.807, 2.05) is 0 Å². The highest BCUT2D eigenvalue weighted by molar-refractivity contribution is 6.36. The average molecular weight is 451 g/mol. The number of aromatic nitrogens is 2. The van der Waals surface area contributed by atoms with E-state index < -0.39 is 17.5 Å². The second-order valence-corrected chi connectivity index (χ2v) is 7.32. The van der Waals surface area contributed by atoms with Crippen LogP contribution in [0.25, 0.3) is 0 Å². The predicted octanol–water partition coefficient (Wildman–Crippen LogP) is 5.20. The van der Waals surface area contributed by atoms with Gasteiger partial charge in [0.25, 0.3) is 0 Å². The van der Waals surface area contributed by atoms with E-state index in [1.165, 1.54) is 31.8 Å². The van der Waals surface area contributed by atoms with Gasteiger partial charge in [-0.25, -0.2) is 4.68 Å². The summed E-state index contributed by atoms with van der Waals surface area (Å²) < 4.78 is 46.8.